The summed E-state index contributed by atoms with van der Waals surface area (Å²) >= 11 is 0. The lowest BCUT2D eigenvalue weighted by molar-refractivity contribution is -0.0881. The van der Waals surface area contributed by atoms with Crippen LogP contribution in [0.1, 0.15) is 12.8 Å². The van der Waals surface area contributed by atoms with Crippen molar-refractivity contribution in [3.8, 4) is 11.3 Å². The van der Waals surface area contributed by atoms with E-state index in [-0.39, 0.29) is 11.7 Å². The Hall–Kier alpha value is -2.27. The van der Waals surface area contributed by atoms with Gasteiger partial charge in [-0.3, -0.25) is 9.80 Å². The minimum Gasteiger partial charge on any atom is -0.462 e. The van der Waals surface area contributed by atoms with Gasteiger partial charge in [-0.1, -0.05) is 30.3 Å². The molecule has 4 aliphatic rings. The molecule has 0 saturated carbocycles. The zero-order chi connectivity index (χ0) is 16.1. The summed E-state index contributed by atoms with van der Waals surface area (Å²) in [7, 11) is 0. The standard InChI is InChI=1S/C19H20N2O3/c22-18-21(13-19(24-18)12-20-8-6-15(19)7-9-20)16-10-17(23-11-16)14-4-2-1-3-5-14/h1-5,10-11,15H,6-9,12-13H2. The SMILES string of the molecule is O=C1OC2(CN3CCC2CC3)CN1c1coc(-c2ccccc2)c1. The molecule has 0 N–H and O–H groups in total. The average Bonchev–Trinajstić information content (AvgIpc) is 3.22. The Morgan fingerprint density at radius 2 is 1.88 bits per heavy atom. The van der Waals surface area contributed by atoms with Crippen LogP contribution >= 0.6 is 0 Å². The summed E-state index contributed by atoms with van der Waals surface area (Å²) in [6.45, 7) is 3.76. The maximum absolute atomic E-state index is 12.5. The normalized spacial score (nSPS) is 31.7. The van der Waals surface area contributed by atoms with E-state index in [1.807, 2.05) is 36.4 Å². The van der Waals surface area contributed by atoms with E-state index in [0.29, 0.717) is 12.5 Å². The fraction of sp³-hybridized carbons (Fsp3) is 0.421. The van der Waals surface area contributed by atoms with E-state index in [2.05, 4.69) is 4.90 Å². The number of furan rings is 1. The molecule has 5 heteroatoms. The highest BCUT2D eigenvalue weighted by molar-refractivity contribution is 5.91. The number of ether oxygens (including phenoxy) is 1. The second-order valence-electron chi connectivity index (χ2n) is 7.10. The predicted molar refractivity (Wildman–Crippen MR) is 89.9 cm³/mol. The van der Waals surface area contributed by atoms with Crippen molar-refractivity contribution < 1.29 is 13.9 Å². The highest BCUT2D eigenvalue weighted by Gasteiger charge is 2.55. The zero-order valence-corrected chi connectivity index (χ0v) is 13.5. The number of carbonyl (C=O) groups excluding carboxylic acids is 1. The molecule has 6 rings (SSSR count). The fourth-order valence-electron chi connectivity index (χ4n) is 4.43. The molecule has 0 radical (unpaired) electrons. The van der Waals surface area contributed by atoms with Crippen LogP contribution in [0.25, 0.3) is 11.3 Å². The van der Waals surface area contributed by atoms with Crippen molar-refractivity contribution in [3.63, 3.8) is 0 Å². The second kappa shape index (κ2) is 5.11. The van der Waals surface area contributed by atoms with Gasteiger partial charge in [0.1, 0.15) is 17.6 Å². The molecule has 4 saturated heterocycles. The topological polar surface area (TPSA) is 45.9 Å². The Kier molecular flexibility index (Phi) is 3.00. The quantitative estimate of drug-likeness (QED) is 0.850. The van der Waals surface area contributed by atoms with Crippen LogP contribution in [0.5, 0.6) is 0 Å². The Labute approximate surface area is 140 Å². The molecule has 5 nitrogen and oxygen atoms in total. The van der Waals surface area contributed by atoms with Gasteiger partial charge in [-0.25, -0.2) is 4.79 Å². The van der Waals surface area contributed by atoms with Crippen molar-refractivity contribution in [3.05, 3.63) is 42.7 Å². The molecule has 1 spiro atoms. The van der Waals surface area contributed by atoms with Crippen molar-refractivity contribution >= 4 is 11.8 Å². The van der Waals surface area contributed by atoms with Crippen LogP contribution in [0.4, 0.5) is 10.5 Å². The van der Waals surface area contributed by atoms with Gasteiger partial charge in [-0.05, 0) is 25.9 Å². The van der Waals surface area contributed by atoms with Gasteiger partial charge in [0.05, 0.1) is 12.2 Å². The number of rotatable bonds is 2. The number of anilines is 1. The minimum atomic E-state index is -0.336. The first kappa shape index (κ1) is 14.1. The number of nitrogens with zero attached hydrogens (tertiary/aromatic N) is 2. The third-order valence-corrected chi connectivity index (χ3v) is 5.72. The molecular formula is C19H20N2O3. The molecule has 1 amide bonds. The number of hydrogen-bond donors (Lipinski definition) is 0. The molecular weight excluding hydrogens is 304 g/mol. The lowest BCUT2D eigenvalue weighted by Crippen LogP contribution is -2.61. The van der Waals surface area contributed by atoms with E-state index in [1.54, 1.807) is 11.2 Å². The minimum absolute atomic E-state index is 0.246. The largest absolute Gasteiger partial charge is 0.462 e. The third-order valence-electron chi connectivity index (χ3n) is 5.72. The van der Waals surface area contributed by atoms with Gasteiger partial charge < -0.3 is 9.15 Å². The van der Waals surface area contributed by atoms with Crippen LogP contribution in [0, 0.1) is 5.92 Å². The van der Waals surface area contributed by atoms with Gasteiger partial charge in [0.15, 0.2) is 0 Å². The molecule has 5 heterocycles. The van der Waals surface area contributed by atoms with Crippen LogP contribution in [-0.2, 0) is 4.74 Å². The van der Waals surface area contributed by atoms with Crippen molar-refractivity contribution in [2.45, 2.75) is 18.4 Å². The fourth-order valence-corrected chi connectivity index (χ4v) is 4.43. The molecule has 2 bridgehead atoms. The van der Waals surface area contributed by atoms with Crippen molar-refractivity contribution in [1.29, 1.82) is 0 Å². The second-order valence-corrected chi connectivity index (χ2v) is 7.10. The first-order valence-electron chi connectivity index (χ1n) is 8.60. The van der Waals surface area contributed by atoms with E-state index >= 15 is 0 Å². The van der Waals surface area contributed by atoms with Gasteiger partial charge in [0, 0.05) is 24.1 Å². The highest BCUT2D eigenvalue weighted by atomic mass is 16.6. The van der Waals surface area contributed by atoms with E-state index in [4.69, 9.17) is 9.15 Å². The lowest BCUT2D eigenvalue weighted by Gasteiger charge is -2.49. The van der Waals surface area contributed by atoms with E-state index < -0.39 is 0 Å². The molecule has 4 aliphatic heterocycles. The molecule has 124 valence electrons. The van der Waals surface area contributed by atoms with Crippen molar-refractivity contribution in [2.75, 3.05) is 31.1 Å². The molecule has 24 heavy (non-hydrogen) atoms. The number of carbonyl (C=O) groups is 1. The van der Waals surface area contributed by atoms with Gasteiger partial charge in [0.25, 0.3) is 0 Å². The number of piperidine rings is 3. The maximum atomic E-state index is 12.5. The first-order chi connectivity index (χ1) is 11.7. The van der Waals surface area contributed by atoms with Crippen molar-refractivity contribution in [1.82, 2.24) is 4.90 Å². The van der Waals surface area contributed by atoms with Crippen LogP contribution in [0.2, 0.25) is 0 Å². The summed E-state index contributed by atoms with van der Waals surface area (Å²) in [6, 6.07) is 11.9. The van der Waals surface area contributed by atoms with Gasteiger partial charge in [-0.15, -0.1) is 0 Å². The summed E-state index contributed by atoms with van der Waals surface area (Å²) in [5.74, 6) is 1.25. The van der Waals surface area contributed by atoms with E-state index in [0.717, 1.165) is 49.5 Å². The summed E-state index contributed by atoms with van der Waals surface area (Å²) in [4.78, 5) is 16.7. The number of benzene rings is 1. The molecule has 0 aliphatic carbocycles. The van der Waals surface area contributed by atoms with Gasteiger partial charge in [0.2, 0.25) is 0 Å². The van der Waals surface area contributed by atoms with Crippen LogP contribution in [0.15, 0.2) is 47.1 Å². The monoisotopic (exact) mass is 324 g/mol. The molecule has 1 atom stereocenters. The Morgan fingerprint density at radius 1 is 1.08 bits per heavy atom. The van der Waals surface area contributed by atoms with Crippen LogP contribution in [-0.4, -0.2) is 42.8 Å². The molecule has 1 aromatic carbocycles. The lowest BCUT2D eigenvalue weighted by atomic mass is 9.75. The smallest absolute Gasteiger partial charge is 0.415 e. The Bertz CT molecular complexity index is 764. The molecule has 4 fully saturated rings. The first-order valence-corrected chi connectivity index (χ1v) is 8.60. The highest BCUT2D eigenvalue weighted by Crippen LogP contribution is 2.43. The van der Waals surface area contributed by atoms with Crippen LogP contribution in [0.3, 0.4) is 0 Å². The third kappa shape index (κ3) is 2.08. The summed E-state index contributed by atoms with van der Waals surface area (Å²) in [5, 5.41) is 0. The molecule has 1 unspecified atom stereocenters. The Morgan fingerprint density at radius 3 is 2.58 bits per heavy atom. The number of fused-ring (bicyclic) bond motifs is 2. The number of hydrogen-bond acceptors (Lipinski definition) is 4. The van der Waals surface area contributed by atoms with E-state index in [1.165, 1.54) is 0 Å². The maximum Gasteiger partial charge on any atom is 0.415 e. The number of amides is 1. The summed E-state index contributed by atoms with van der Waals surface area (Å²) < 4.78 is 11.6. The zero-order valence-electron chi connectivity index (χ0n) is 13.5. The molecule has 1 aromatic heterocycles. The van der Waals surface area contributed by atoms with Crippen molar-refractivity contribution in [2.24, 2.45) is 5.92 Å². The summed E-state index contributed by atoms with van der Waals surface area (Å²) in [5.41, 5.74) is 1.46. The summed E-state index contributed by atoms with van der Waals surface area (Å²) in [6.07, 6.45) is 3.66. The Balaban J connectivity index is 1.42. The van der Waals surface area contributed by atoms with Gasteiger partial charge >= 0.3 is 6.09 Å². The van der Waals surface area contributed by atoms with E-state index in [9.17, 15) is 4.79 Å². The van der Waals surface area contributed by atoms with Crippen LogP contribution < -0.4 is 4.90 Å². The predicted octanol–water partition coefficient (Wildman–Crippen LogP) is 3.37. The van der Waals surface area contributed by atoms with Gasteiger partial charge in [-0.2, -0.15) is 0 Å². The molecule has 2 aromatic rings. The average molecular weight is 324 g/mol.